The van der Waals surface area contributed by atoms with Gasteiger partial charge in [0.05, 0.1) is 30.5 Å². The van der Waals surface area contributed by atoms with Crippen molar-refractivity contribution in [2.45, 2.75) is 13.8 Å². The van der Waals surface area contributed by atoms with Gasteiger partial charge < -0.3 is 30.6 Å². The molecule has 0 bridgehead atoms. The van der Waals surface area contributed by atoms with Gasteiger partial charge in [0, 0.05) is 43.1 Å². The van der Waals surface area contributed by atoms with E-state index in [0.29, 0.717) is 43.4 Å². The van der Waals surface area contributed by atoms with Crippen molar-refractivity contribution in [3.63, 3.8) is 0 Å². The second-order valence-electron chi connectivity index (χ2n) is 10.5. The second-order valence-corrected chi connectivity index (χ2v) is 13.7. The van der Waals surface area contributed by atoms with E-state index in [0.717, 1.165) is 0 Å². The van der Waals surface area contributed by atoms with E-state index < -0.39 is 39.6 Å². The summed E-state index contributed by atoms with van der Waals surface area (Å²) in [6, 6.07) is 0. The van der Waals surface area contributed by atoms with Crippen LogP contribution < -0.4 is 10.9 Å². The van der Waals surface area contributed by atoms with E-state index in [4.69, 9.17) is 0 Å². The first-order chi connectivity index (χ1) is 19.7. The van der Waals surface area contributed by atoms with Gasteiger partial charge in [-0.25, -0.2) is 0 Å². The Bertz CT molecular complexity index is 2680. The Hall–Kier alpha value is -3.32. The number of benzene rings is 8. The molecule has 0 amide bonds. The zero-order chi connectivity index (χ0) is 30.2. The van der Waals surface area contributed by atoms with Crippen molar-refractivity contribution >= 4 is 139 Å². The number of hydrogen-bond acceptors (Lipinski definition) is 8. The van der Waals surface area contributed by atoms with E-state index in [2.05, 4.69) is 63.7 Å². The average molecular weight is 820 g/mol. The number of fused-ring (bicyclic) bond motifs is 2. The molecule has 8 nitrogen and oxygen atoms in total. The summed E-state index contributed by atoms with van der Waals surface area (Å²) in [5.74, 6) is -3.03. The molecule has 0 aliphatic heterocycles. The van der Waals surface area contributed by atoms with Crippen LogP contribution in [0.25, 0.3) is 75.4 Å². The van der Waals surface area contributed by atoms with Gasteiger partial charge in [0.25, 0.3) is 0 Å². The Morgan fingerprint density at radius 1 is 0.333 bits per heavy atom. The third kappa shape index (κ3) is 2.50. The summed E-state index contributed by atoms with van der Waals surface area (Å²) < 4.78 is -0.0699. The van der Waals surface area contributed by atoms with E-state index in [1.54, 1.807) is 13.8 Å². The maximum Gasteiger partial charge on any atom is 0.204 e. The number of phenolic OH excluding ortho intramolecular Hbond substituents is 6. The molecule has 0 saturated heterocycles. The van der Waals surface area contributed by atoms with Gasteiger partial charge in [0.2, 0.25) is 10.9 Å². The van der Waals surface area contributed by atoms with Gasteiger partial charge in [-0.3, -0.25) is 9.59 Å². The first-order valence-electron chi connectivity index (χ1n) is 12.3. The molecule has 0 fully saturated rings. The lowest BCUT2D eigenvalue weighted by Crippen LogP contribution is -2.11. The highest BCUT2D eigenvalue weighted by Crippen LogP contribution is 2.62. The summed E-state index contributed by atoms with van der Waals surface area (Å²) in [5.41, 5.74) is -0.238. The number of rotatable bonds is 0. The number of halogens is 4. The Kier molecular flexibility index (Phi) is 4.88. The van der Waals surface area contributed by atoms with Crippen molar-refractivity contribution in [2.75, 3.05) is 0 Å². The molecule has 8 rings (SSSR count). The van der Waals surface area contributed by atoms with E-state index in [-0.39, 0.29) is 66.7 Å². The van der Waals surface area contributed by atoms with E-state index in [9.17, 15) is 40.2 Å². The van der Waals surface area contributed by atoms with Gasteiger partial charge in [0.15, 0.2) is 0 Å². The maximum absolute atomic E-state index is 14.3. The molecule has 0 aliphatic carbocycles. The minimum absolute atomic E-state index is 0.0307. The summed E-state index contributed by atoms with van der Waals surface area (Å²) in [7, 11) is 0. The monoisotopic (exact) mass is 816 g/mol. The molecule has 0 heterocycles. The average Bonchev–Trinajstić information content (AvgIpc) is 2.95. The van der Waals surface area contributed by atoms with Crippen LogP contribution >= 0.6 is 63.7 Å². The van der Waals surface area contributed by atoms with Crippen LogP contribution in [-0.2, 0) is 0 Å². The molecule has 12 heteroatoms. The molecule has 0 spiro atoms. The number of aryl methyl sites for hydroxylation is 2. The molecule has 0 unspecified atom stereocenters. The topological polar surface area (TPSA) is 156 Å². The molecular weight excluding hydrogens is 808 g/mol. The molecule has 42 heavy (non-hydrogen) atoms. The standard InChI is InChI=1S/C30H12Br4O8/c1-3-5-6-4(2)20(32)28(40)16-8(6)10-9-7(5)15(27(39)19(3)31)23(35)17-11(9)13(25(37)21(33)29(17)41)14-12(10)18(24(16)36)30(42)22(34)26(14)38/h35,37-38,40-42H,1-2H3. The lowest BCUT2D eigenvalue weighted by atomic mass is 9.78. The van der Waals surface area contributed by atoms with Gasteiger partial charge in [-0.05, 0) is 99.5 Å². The first kappa shape index (κ1) is 26.3. The van der Waals surface area contributed by atoms with E-state index >= 15 is 0 Å². The van der Waals surface area contributed by atoms with Gasteiger partial charge in [-0.15, -0.1) is 0 Å². The second kappa shape index (κ2) is 7.79. The number of aromatic hydroxyl groups is 6. The first-order valence-corrected chi connectivity index (χ1v) is 15.4. The Morgan fingerprint density at radius 2 is 0.643 bits per heavy atom. The molecule has 208 valence electrons. The summed E-state index contributed by atoms with van der Waals surface area (Å²) >= 11 is 13.2. The predicted octanol–water partition coefficient (Wildman–Crippen LogP) is 8.13. The lowest BCUT2D eigenvalue weighted by Gasteiger charge is -2.26. The van der Waals surface area contributed by atoms with Crippen molar-refractivity contribution in [2.24, 2.45) is 0 Å². The zero-order valence-corrected chi connectivity index (χ0v) is 27.4. The molecule has 8 aromatic rings. The molecule has 8 aromatic carbocycles. The van der Waals surface area contributed by atoms with E-state index in [1.807, 2.05) is 0 Å². The van der Waals surface area contributed by atoms with Crippen molar-refractivity contribution in [3.8, 4) is 34.5 Å². The fourth-order valence-electron chi connectivity index (χ4n) is 7.04. The van der Waals surface area contributed by atoms with Crippen LogP contribution in [0.5, 0.6) is 34.5 Å². The number of phenols is 6. The van der Waals surface area contributed by atoms with Crippen molar-refractivity contribution < 1.29 is 30.6 Å². The maximum atomic E-state index is 14.3. The van der Waals surface area contributed by atoms with Crippen molar-refractivity contribution in [1.82, 2.24) is 0 Å². The lowest BCUT2D eigenvalue weighted by molar-refractivity contribution is 0.446. The minimum atomic E-state index is -0.727. The fraction of sp³-hybridized carbons (Fsp3) is 0.0667. The predicted molar refractivity (Wildman–Crippen MR) is 177 cm³/mol. The quantitative estimate of drug-likeness (QED) is 0.0662. The third-order valence-electron chi connectivity index (χ3n) is 8.74. The van der Waals surface area contributed by atoms with Crippen molar-refractivity contribution in [3.05, 3.63) is 49.5 Å². The van der Waals surface area contributed by atoms with Crippen LogP contribution in [-0.4, -0.2) is 30.6 Å². The van der Waals surface area contributed by atoms with Crippen LogP contribution in [0.3, 0.4) is 0 Å². The molecule has 0 aromatic heterocycles. The Balaban J connectivity index is 2.06. The Morgan fingerprint density at radius 3 is 1.14 bits per heavy atom. The largest absolute Gasteiger partial charge is 0.506 e. The smallest absolute Gasteiger partial charge is 0.204 e. The highest BCUT2D eigenvalue weighted by Gasteiger charge is 2.36. The summed E-state index contributed by atoms with van der Waals surface area (Å²) in [5, 5.41) is 70.3. The van der Waals surface area contributed by atoms with Gasteiger partial charge >= 0.3 is 0 Å². The highest BCUT2D eigenvalue weighted by atomic mass is 79.9. The molecule has 0 radical (unpaired) electrons. The molecule has 0 saturated carbocycles. The van der Waals surface area contributed by atoms with Crippen LogP contribution in [0.2, 0.25) is 0 Å². The van der Waals surface area contributed by atoms with Gasteiger partial charge in [-0.1, -0.05) is 0 Å². The zero-order valence-electron chi connectivity index (χ0n) is 21.0. The number of hydrogen-bond donors (Lipinski definition) is 6. The normalized spacial score (nSPS) is 12.8. The van der Waals surface area contributed by atoms with Gasteiger partial charge in [0.1, 0.15) is 43.4 Å². The molecule has 0 aliphatic rings. The fourth-order valence-corrected chi connectivity index (χ4v) is 8.63. The van der Waals surface area contributed by atoms with Gasteiger partial charge in [-0.2, -0.15) is 0 Å². The van der Waals surface area contributed by atoms with Crippen LogP contribution in [0, 0.1) is 13.8 Å². The summed E-state index contributed by atoms with van der Waals surface area (Å²) in [4.78, 5) is 28.1. The van der Waals surface area contributed by atoms with Crippen LogP contribution in [0.4, 0.5) is 0 Å². The summed E-state index contributed by atoms with van der Waals surface area (Å²) in [6.07, 6.45) is 0. The van der Waals surface area contributed by atoms with E-state index in [1.165, 1.54) is 0 Å². The molecular formula is C30H12Br4O8. The molecule has 6 N–H and O–H groups in total. The van der Waals surface area contributed by atoms with Crippen LogP contribution in [0.15, 0.2) is 27.5 Å². The highest BCUT2D eigenvalue weighted by molar-refractivity contribution is 9.11. The minimum Gasteiger partial charge on any atom is -0.506 e. The van der Waals surface area contributed by atoms with Crippen LogP contribution in [0.1, 0.15) is 11.1 Å². The summed E-state index contributed by atoms with van der Waals surface area (Å²) in [6.45, 7) is 3.45. The SMILES string of the molecule is Cc1c(Br)c(=O)c2c(O)c3c(O)c(Br)c(O)c4c5c(O)c(Br)c(O)c6c(=O)c7c(O)c(Br)c(C)c8c1c2c(c34)c(c65)c78. The van der Waals surface area contributed by atoms with Crippen molar-refractivity contribution in [1.29, 1.82) is 0 Å². The third-order valence-corrected chi connectivity index (χ3v) is 12.2. The Labute approximate surface area is 265 Å². The molecule has 0 atom stereocenters.